The molecular formula is C36H34N4O2. The number of rotatable bonds is 5. The van der Waals surface area contributed by atoms with Gasteiger partial charge < -0.3 is 19.3 Å². The first-order chi connectivity index (χ1) is 20.5. The van der Waals surface area contributed by atoms with E-state index in [-0.39, 0.29) is 17.9 Å². The topological polar surface area (TPSA) is 48.8 Å². The second-order valence-electron chi connectivity index (χ2n) is 11.2. The molecule has 6 heteroatoms. The fourth-order valence-corrected chi connectivity index (χ4v) is 6.88. The Morgan fingerprint density at radius 1 is 0.762 bits per heavy atom. The third-order valence-corrected chi connectivity index (χ3v) is 8.95. The summed E-state index contributed by atoms with van der Waals surface area (Å²) >= 11 is 0. The minimum absolute atomic E-state index is 0.00429. The molecule has 2 aliphatic heterocycles. The molecule has 3 heterocycles. The highest BCUT2D eigenvalue weighted by molar-refractivity contribution is 6.04. The third kappa shape index (κ3) is 4.17. The fraction of sp³-hybridized carbons (Fsp3) is 0.222. The zero-order chi connectivity index (χ0) is 28.8. The number of aryl methyl sites for hydroxylation is 1. The van der Waals surface area contributed by atoms with Crippen LogP contribution in [-0.2, 0) is 11.8 Å². The smallest absolute Gasteiger partial charge is 0.255 e. The van der Waals surface area contributed by atoms with E-state index >= 15 is 0 Å². The van der Waals surface area contributed by atoms with Crippen molar-refractivity contribution in [1.82, 2.24) is 14.4 Å². The van der Waals surface area contributed by atoms with E-state index < -0.39 is 6.04 Å². The average molecular weight is 555 g/mol. The van der Waals surface area contributed by atoms with Crippen LogP contribution in [-0.4, -0.2) is 58.4 Å². The minimum Gasteiger partial charge on any atom is -0.368 e. The molecule has 2 atom stereocenters. The van der Waals surface area contributed by atoms with Crippen LogP contribution in [0.3, 0.4) is 0 Å². The first kappa shape index (κ1) is 26.1. The van der Waals surface area contributed by atoms with Crippen molar-refractivity contribution in [2.24, 2.45) is 7.05 Å². The number of carbonyl (C=O) groups excluding carboxylic acids is 2. The summed E-state index contributed by atoms with van der Waals surface area (Å²) in [7, 11) is 2.09. The molecule has 7 rings (SSSR count). The van der Waals surface area contributed by atoms with E-state index in [0.717, 1.165) is 46.4 Å². The lowest BCUT2D eigenvalue weighted by Gasteiger charge is -2.39. The van der Waals surface area contributed by atoms with Gasteiger partial charge in [0.15, 0.2) is 0 Å². The van der Waals surface area contributed by atoms with E-state index in [1.807, 2.05) is 83.5 Å². The van der Waals surface area contributed by atoms with Crippen LogP contribution in [0.5, 0.6) is 0 Å². The summed E-state index contributed by atoms with van der Waals surface area (Å²) < 4.78 is 2.22. The molecule has 1 fully saturated rings. The lowest BCUT2D eigenvalue weighted by Crippen LogP contribution is -2.55. The number of hydrogen-bond acceptors (Lipinski definition) is 3. The molecule has 4 aromatic carbocycles. The molecule has 2 amide bonds. The zero-order valence-corrected chi connectivity index (χ0v) is 24.0. The second kappa shape index (κ2) is 10.5. The standard InChI is InChI=1S/C36H34N4O2/c1-25(35(41)39-23-21-38(22-24-39)27-15-7-4-8-16-27)40-34(28-17-9-10-18-29(28)36(40)42)32-30-19-11-12-20-31(30)37(2)33(32)26-13-5-3-6-14-26/h3-20,25,34H,21-24H2,1-2H3/t25-,34+/m1/s1. The Bertz CT molecular complexity index is 1770. The number of nitrogens with zero attached hydrogens (tertiary/aromatic N) is 4. The lowest BCUT2D eigenvalue weighted by atomic mass is 9.92. The van der Waals surface area contributed by atoms with Crippen LogP contribution in [0.4, 0.5) is 5.69 Å². The van der Waals surface area contributed by atoms with Crippen molar-refractivity contribution in [2.45, 2.75) is 19.0 Å². The van der Waals surface area contributed by atoms with Gasteiger partial charge in [-0.25, -0.2) is 0 Å². The first-order valence-corrected chi connectivity index (χ1v) is 14.7. The van der Waals surface area contributed by atoms with E-state index in [0.29, 0.717) is 18.7 Å². The SMILES string of the molecule is C[C@H](C(=O)N1CCN(c2ccccc2)CC1)N1C(=O)c2ccccc2[C@H]1c1c(-c2ccccc2)n(C)c2ccccc12. The molecule has 5 aromatic rings. The molecule has 0 N–H and O–H groups in total. The van der Waals surface area contributed by atoms with E-state index in [1.165, 1.54) is 5.69 Å². The maximum absolute atomic E-state index is 14.2. The van der Waals surface area contributed by atoms with Gasteiger partial charge in [-0.2, -0.15) is 0 Å². The Kier molecular flexibility index (Phi) is 6.54. The number of carbonyl (C=O) groups is 2. The highest BCUT2D eigenvalue weighted by Gasteiger charge is 2.45. The van der Waals surface area contributed by atoms with E-state index in [1.54, 1.807) is 0 Å². The molecule has 1 aromatic heterocycles. The number of amides is 2. The van der Waals surface area contributed by atoms with Gasteiger partial charge in [-0.05, 0) is 42.3 Å². The van der Waals surface area contributed by atoms with Gasteiger partial charge in [0.25, 0.3) is 5.91 Å². The monoisotopic (exact) mass is 554 g/mol. The molecule has 6 nitrogen and oxygen atoms in total. The molecular weight excluding hydrogens is 520 g/mol. The van der Waals surface area contributed by atoms with Gasteiger partial charge in [-0.15, -0.1) is 0 Å². The lowest BCUT2D eigenvalue weighted by molar-refractivity contribution is -0.136. The number of anilines is 1. The first-order valence-electron chi connectivity index (χ1n) is 14.7. The average Bonchev–Trinajstić information content (AvgIpc) is 3.51. The Morgan fingerprint density at radius 2 is 1.38 bits per heavy atom. The van der Waals surface area contributed by atoms with E-state index in [2.05, 4.69) is 59.0 Å². The van der Waals surface area contributed by atoms with Crippen molar-refractivity contribution in [2.75, 3.05) is 31.1 Å². The quantitative estimate of drug-likeness (QED) is 0.263. The van der Waals surface area contributed by atoms with Crippen LogP contribution in [0.25, 0.3) is 22.2 Å². The number of hydrogen-bond donors (Lipinski definition) is 0. The summed E-state index contributed by atoms with van der Waals surface area (Å²) in [6, 6.07) is 35.9. The van der Waals surface area contributed by atoms with E-state index in [4.69, 9.17) is 0 Å². The largest absolute Gasteiger partial charge is 0.368 e. The van der Waals surface area contributed by atoms with Gasteiger partial charge >= 0.3 is 0 Å². The Labute approximate surface area is 246 Å². The van der Waals surface area contributed by atoms with Crippen LogP contribution in [0.1, 0.15) is 34.5 Å². The molecule has 0 spiro atoms. The molecule has 0 aliphatic carbocycles. The second-order valence-corrected chi connectivity index (χ2v) is 11.2. The van der Waals surface area contributed by atoms with Crippen LogP contribution in [0.2, 0.25) is 0 Å². The highest BCUT2D eigenvalue weighted by atomic mass is 16.2. The molecule has 0 saturated carbocycles. The highest BCUT2D eigenvalue weighted by Crippen LogP contribution is 2.47. The molecule has 1 saturated heterocycles. The molecule has 0 radical (unpaired) electrons. The van der Waals surface area contributed by atoms with Crippen molar-refractivity contribution in [3.05, 3.63) is 126 Å². The predicted molar refractivity (Wildman–Crippen MR) is 168 cm³/mol. The number of fused-ring (bicyclic) bond motifs is 2. The van der Waals surface area contributed by atoms with Gasteiger partial charge in [0, 0.05) is 60.9 Å². The summed E-state index contributed by atoms with van der Waals surface area (Å²) in [4.78, 5) is 34.4. The van der Waals surface area contributed by atoms with Gasteiger partial charge in [0.2, 0.25) is 5.91 Å². The van der Waals surface area contributed by atoms with Crippen LogP contribution >= 0.6 is 0 Å². The van der Waals surface area contributed by atoms with Crippen LogP contribution < -0.4 is 4.90 Å². The van der Waals surface area contributed by atoms with Crippen molar-refractivity contribution in [3.8, 4) is 11.3 Å². The van der Waals surface area contributed by atoms with E-state index in [9.17, 15) is 9.59 Å². The summed E-state index contributed by atoms with van der Waals surface area (Å²) in [5.74, 6) is -0.0957. The van der Waals surface area contributed by atoms with Gasteiger partial charge in [-0.1, -0.05) is 84.9 Å². The van der Waals surface area contributed by atoms with Crippen LogP contribution in [0, 0.1) is 0 Å². The molecule has 2 aliphatic rings. The minimum atomic E-state index is -0.624. The summed E-state index contributed by atoms with van der Waals surface area (Å²) in [5, 5.41) is 1.09. The fourth-order valence-electron chi connectivity index (χ4n) is 6.88. The predicted octanol–water partition coefficient (Wildman–Crippen LogP) is 6.13. The summed E-state index contributed by atoms with van der Waals surface area (Å²) in [6.45, 7) is 4.68. The van der Waals surface area contributed by atoms with Crippen molar-refractivity contribution >= 4 is 28.4 Å². The maximum atomic E-state index is 14.2. The molecule has 42 heavy (non-hydrogen) atoms. The molecule has 0 unspecified atom stereocenters. The number of benzene rings is 4. The van der Waals surface area contributed by atoms with Crippen LogP contribution in [0.15, 0.2) is 109 Å². The molecule has 210 valence electrons. The summed E-state index contributed by atoms with van der Waals surface area (Å²) in [5.41, 5.74) is 7.09. The normalized spacial score (nSPS) is 17.5. The number of aromatic nitrogens is 1. The third-order valence-electron chi connectivity index (χ3n) is 8.95. The van der Waals surface area contributed by atoms with Gasteiger partial charge in [0.1, 0.15) is 6.04 Å². The number of piperazine rings is 1. The Balaban J connectivity index is 1.29. The van der Waals surface area contributed by atoms with Gasteiger partial charge in [-0.3, -0.25) is 9.59 Å². The van der Waals surface area contributed by atoms with Crippen molar-refractivity contribution in [1.29, 1.82) is 0 Å². The molecule has 0 bridgehead atoms. The zero-order valence-electron chi connectivity index (χ0n) is 24.0. The Hall–Kier alpha value is -4.84. The van der Waals surface area contributed by atoms with Crippen molar-refractivity contribution in [3.63, 3.8) is 0 Å². The Morgan fingerprint density at radius 3 is 2.12 bits per heavy atom. The number of para-hydroxylation sites is 2. The van der Waals surface area contributed by atoms with Crippen molar-refractivity contribution < 1.29 is 9.59 Å². The summed E-state index contributed by atoms with van der Waals surface area (Å²) in [6.07, 6.45) is 0. The maximum Gasteiger partial charge on any atom is 0.255 e. The van der Waals surface area contributed by atoms with Gasteiger partial charge in [0.05, 0.1) is 11.7 Å².